The standard InChI is InChI=1S/C16H15FN4/c17-13-5-1-11(2-6-13)9-15-19-16(21-20-15)10-12-3-7-14(18)8-4-12/h1-8H,9-10,18H2,(H,19,20,21). The van der Waals surface area contributed by atoms with Gasteiger partial charge in [0.25, 0.3) is 0 Å². The van der Waals surface area contributed by atoms with Gasteiger partial charge >= 0.3 is 0 Å². The molecule has 3 rings (SSSR count). The predicted octanol–water partition coefficient (Wildman–Crippen LogP) is 2.71. The molecule has 0 aliphatic rings. The molecule has 0 unspecified atom stereocenters. The van der Waals surface area contributed by atoms with Crippen LogP contribution in [0.4, 0.5) is 10.1 Å². The van der Waals surface area contributed by atoms with Crippen molar-refractivity contribution in [3.63, 3.8) is 0 Å². The number of aromatic nitrogens is 3. The number of hydrogen-bond donors (Lipinski definition) is 2. The molecular formula is C16H15FN4. The Morgan fingerprint density at radius 3 is 2.24 bits per heavy atom. The van der Waals surface area contributed by atoms with E-state index in [0.717, 1.165) is 22.6 Å². The molecule has 0 bridgehead atoms. The van der Waals surface area contributed by atoms with Gasteiger partial charge in [-0.25, -0.2) is 9.37 Å². The van der Waals surface area contributed by atoms with Gasteiger partial charge in [-0.3, -0.25) is 5.10 Å². The van der Waals surface area contributed by atoms with Crippen LogP contribution in [0.5, 0.6) is 0 Å². The molecule has 0 saturated carbocycles. The zero-order chi connectivity index (χ0) is 14.7. The second-order valence-corrected chi connectivity index (χ2v) is 4.92. The number of nitrogens with zero attached hydrogens (tertiary/aromatic N) is 2. The predicted molar refractivity (Wildman–Crippen MR) is 79.2 cm³/mol. The molecule has 3 N–H and O–H groups in total. The van der Waals surface area contributed by atoms with Crippen LogP contribution >= 0.6 is 0 Å². The molecule has 0 amide bonds. The Balaban J connectivity index is 1.68. The van der Waals surface area contributed by atoms with Crippen molar-refractivity contribution in [3.8, 4) is 0 Å². The van der Waals surface area contributed by atoms with Crippen LogP contribution in [0.1, 0.15) is 22.8 Å². The van der Waals surface area contributed by atoms with E-state index in [1.54, 1.807) is 12.1 Å². The molecular weight excluding hydrogens is 267 g/mol. The molecule has 0 spiro atoms. The minimum atomic E-state index is -0.238. The normalized spacial score (nSPS) is 10.7. The summed E-state index contributed by atoms with van der Waals surface area (Å²) in [6, 6.07) is 14.0. The van der Waals surface area contributed by atoms with Crippen molar-refractivity contribution >= 4 is 5.69 Å². The third-order valence-corrected chi connectivity index (χ3v) is 3.20. The monoisotopic (exact) mass is 282 g/mol. The van der Waals surface area contributed by atoms with Crippen LogP contribution in [0, 0.1) is 5.82 Å². The minimum Gasteiger partial charge on any atom is -0.399 e. The smallest absolute Gasteiger partial charge is 0.155 e. The van der Waals surface area contributed by atoms with Crippen LogP contribution in [0.2, 0.25) is 0 Å². The van der Waals surface area contributed by atoms with E-state index >= 15 is 0 Å². The van der Waals surface area contributed by atoms with E-state index in [1.807, 2.05) is 24.3 Å². The maximum Gasteiger partial charge on any atom is 0.155 e. The summed E-state index contributed by atoms with van der Waals surface area (Å²) in [6.45, 7) is 0. The molecule has 0 atom stereocenters. The van der Waals surface area contributed by atoms with Crippen LogP contribution in [0.25, 0.3) is 0 Å². The third kappa shape index (κ3) is 3.45. The number of nitrogens with one attached hydrogen (secondary N) is 1. The van der Waals surface area contributed by atoms with Crippen LogP contribution in [0.15, 0.2) is 48.5 Å². The van der Waals surface area contributed by atoms with Crippen LogP contribution < -0.4 is 5.73 Å². The van der Waals surface area contributed by atoms with Gasteiger partial charge in [-0.05, 0) is 35.4 Å². The number of anilines is 1. The van der Waals surface area contributed by atoms with E-state index in [-0.39, 0.29) is 5.82 Å². The second-order valence-electron chi connectivity index (χ2n) is 4.92. The summed E-state index contributed by atoms with van der Waals surface area (Å²) in [5.41, 5.74) is 8.50. The Bertz CT molecular complexity index is 655. The SMILES string of the molecule is Nc1ccc(Cc2nc(Cc3ccc(F)cc3)n[nH]2)cc1. The highest BCUT2D eigenvalue weighted by molar-refractivity contribution is 5.39. The quantitative estimate of drug-likeness (QED) is 0.723. The summed E-state index contributed by atoms with van der Waals surface area (Å²) < 4.78 is 12.9. The lowest BCUT2D eigenvalue weighted by Crippen LogP contribution is -1.93. The van der Waals surface area contributed by atoms with Crippen molar-refractivity contribution in [2.24, 2.45) is 0 Å². The van der Waals surface area contributed by atoms with Crippen molar-refractivity contribution in [2.45, 2.75) is 12.8 Å². The molecule has 0 aliphatic heterocycles. The van der Waals surface area contributed by atoms with Crippen molar-refractivity contribution in [3.05, 3.63) is 77.1 Å². The number of H-pyrrole nitrogens is 1. The highest BCUT2D eigenvalue weighted by atomic mass is 19.1. The van der Waals surface area contributed by atoms with Gasteiger partial charge in [0.15, 0.2) is 5.82 Å². The van der Waals surface area contributed by atoms with E-state index in [9.17, 15) is 4.39 Å². The number of nitrogens with two attached hydrogens (primary N) is 1. The fourth-order valence-electron chi connectivity index (χ4n) is 2.11. The van der Waals surface area contributed by atoms with E-state index in [1.165, 1.54) is 12.1 Å². The minimum absolute atomic E-state index is 0.238. The van der Waals surface area contributed by atoms with Gasteiger partial charge in [-0.2, -0.15) is 5.10 Å². The van der Waals surface area contributed by atoms with Crippen LogP contribution in [0.3, 0.4) is 0 Å². The summed E-state index contributed by atoms with van der Waals surface area (Å²) in [6.07, 6.45) is 1.26. The van der Waals surface area contributed by atoms with E-state index in [0.29, 0.717) is 18.7 Å². The summed E-state index contributed by atoms with van der Waals surface area (Å²) in [5.74, 6) is 1.27. The number of benzene rings is 2. The van der Waals surface area contributed by atoms with Gasteiger partial charge < -0.3 is 5.73 Å². The topological polar surface area (TPSA) is 67.6 Å². The first-order valence-corrected chi connectivity index (χ1v) is 6.68. The van der Waals surface area contributed by atoms with Gasteiger partial charge in [0.1, 0.15) is 11.6 Å². The molecule has 3 aromatic rings. The molecule has 5 heteroatoms. The molecule has 4 nitrogen and oxygen atoms in total. The van der Waals surface area contributed by atoms with Crippen LogP contribution in [-0.2, 0) is 12.8 Å². The number of aromatic amines is 1. The summed E-state index contributed by atoms with van der Waals surface area (Å²) in [7, 11) is 0. The highest BCUT2D eigenvalue weighted by Crippen LogP contribution is 2.11. The first kappa shape index (κ1) is 13.3. The van der Waals surface area contributed by atoms with E-state index in [4.69, 9.17) is 5.73 Å². The lowest BCUT2D eigenvalue weighted by molar-refractivity contribution is 0.627. The molecule has 0 radical (unpaired) electrons. The average molecular weight is 282 g/mol. The zero-order valence-corrected chi connectivity index (χ0v) is 11.4. The number of rotatable bonds is 4. The Labute approximate surface area is 121 Å². The van der Waals surface area contributed by atoms with Crippen molar-refractivity contribution in [1.82, 2.24) is 15.2 Å². The first-order chi connectivity index (χ1) is 10.2. The fraction of sp³-hybridized carbons (Fsp3) is 0.125. The van der Waals surface area contributed by atoms with Gasteiger partial charge in [-0.15, -0.1) is 0 Å². The largest absolute Gasteiger partial charge is 0.399 e. The fourth-order valence-corrected chi connectivity index (χ4v) is 2.11. The van der Waals surface area contributed by atoms with Gasteiger partial charge in [0.2, 0.25) is 0 Å². The third-order valence-electron chi connectivity index (χ3n) is 3.20. The van der Waals surface area contributed by atoms with Crippen molar-refractivity contribution in [2.75, 3.05) is 5.73 Å². The second kappa shape index (κ2) is 5.75. The zero-order valence-electron chi connectivity index (χ0n) is 11.4. The number of nitrogen functional groups attached to an aromatic ring is 1. The van der Waals surface area contributed by atoms with Crippen molar-refractivity contribution < 1.29 is 4.39 Å². The molecule has 2 aromatic carbocycles. The maximum absolute atomic E-state index is 12.9. The Morgan fingerprint density at radius 1 is 0.905 bits per heavy atom. The molecule has 21 heavy (non-hydrogen) atoms. The molecule has 0 saturated heterocycles. The van der Waals surface area contributed by atoms with Crippen molar-refractivity contribution in [1.29, 1.82) is 0 Å². The lowest BCUT2D eigenvalue weighted by atomic mass is 10.1. The van der Waals surface area contributed by atoms with Gasteiger partial charge in [0.05, 0.1) is 0 Å². The Kier molecular flexibility index (Phi) is 3.64. The first-order valence-electron chi connectivity index (χ1n) is 6.68. The Hall–Kier alpha value is -2.69. The number of halogens is 1. The summed E-state index contributed by atoms with van der Waals surface area (Å²) in [5, 5.41) is 7.13. The Morgan fingerprint density at radius 2 is 1.52 bits per heavy atom. The molecule has 1 heterocycles. The summed E-state index contributed by atoms with van der Waals surface area (Å²) in [4.78, 5) is 4.45. The maximum atomic E-state index is 12.9. The van der Waals surface area contributed by atoms with Gasteiger partial charge in [0, 0.05) is 18.5 Å². The van der Waals surface area contributed by atoms with Crippen LogP contribution in [-0.4, -0.2) is 15.2 Å². The van der Waals surface area contributed by atoms with E-state index in [2.05, 4.69) is 15.2 Å². The number of hydrogen-bond acceptors (Lipinski definition) is 3. The molecule has 1 aromatic heterocycles. The molecule has 0 aliphatic carbocycles. The average Bonchev–Trinajstić information content (AvgIpc) is 2.91. The lowest BCUT2D eigenvalue weighted by Gasteiger charge is -1.98. The van der Waals surface area contributed by atoms with Gasteiger partial charge in [-0.1, -0.05) is 24.3 Å². The highest BCUT2D eigenvalue weighted by Gasteiger charge is 2.05. The summed E-state index contributed by atoms with van der Waals surface area (Å²) >= 11 is 0. The van der Waals surface area contributed by atoms with E-state index < -0.39 is 0 Å². The molecule has 0 fully saturated rings. The molecule has 106 valence electrons.